The summed E-state index contributed by atoms with van der Waals surface area (Å²) in [4.78, 5) is 3.99. The molecule has 1 N–H and O–H groups in total. The molecule has 2 heterocycles. The lowest BCUT2D eigenvalue weighted by molar-refractivity contribution is 0.414. The molecule has 0 fully saturated rings. The van der Waals surface area contributed by atoms with Gasteiger partial charge in [0, 0.05) is 24.5 Å². The standard InChI is InChI=1S/C10H10BrN3O/c1-7-8(6-15-14-7)4-13-10-2-3-12-5-9(10)11/h2-3,5-6H,4H2,1H3,(H,12,13). The predicted molar refractivity (Wildman–Crippen MR) is 60.5 cm³/mol. The van der Waals surface area contributed by atoms with Crippen LogP contribution in [-0.2, 0) is 6.54 Å². The van der Waals surface area contributed by atoms with Crippen LogP contribution >= 0.6 is 15.9 Å². The Labute approximate surface area is 95.8 Å². The van der Waals surface area contributed by atoms with Gasteiger partial charge < -0.3 is 9.84 Å². The SMILES string of the molecule is Cc1nocc1CNc1ccncc1Br. The molecule has 0 aliphatic rings. The minimum absolute atomic E-state index is 0.692. The molecule has 2 rings (SSSR count). The molecule has 5 heteroatoms. The first-order valence-electron chi connectivity index (χ1n) is 4.50. The van der Waals surface area contributed by atoms with Crippen molar-refractivity contribution in [2.75, 3.05) is 5.32 Å². The van der Waals surface area contributed by atoms with Gasteiger partial charge >= 0.3 is 0 Å². The van der Waals surface area contributed by atoms with E-state index in [4.69, 9.17) is 4.52 Å². The molecule has 0 saturated carbocycles. The van der Waals surface area contributed by atoms with Gasteiger partial charge in [-0.05, 0) is 28.9 Å². The highest BCUT2D eigenvalue weighted by atomic mass is 79.9. The van der Waals surface area contributed by atoms with Gasteiger partial charge in [0.1, 0.15) is 6.26 Å². The average molecular weight is 268 g/mol. The molecule has 0 aromatic carbocycles. The molecule has 0 amide bonds. The van der Waals surface area contributed by atoms with Crippen LogP contribution in [0.3, 0.4) is 0 Å². The Hall–Kier alpha value is -1.36. The molecular weight excluding hydrogens is 258 g/mol. The van der Waals surface area contributed by atoms with Crippen molar-refractivity contribution in [2.24, 2.45) is 0 Å². The third-order valence-corrected chi connectivity index (χ3v) is 2.72. The van der Waals surface area contributed by atoms with Crippen LogP contribution in [0.1, 0.15) is 11.3 Å². The summed E-state index contributed by atoms with van der Waals surface area (Å²) in [5, 5.41) is 7.08. The monoisotopic (exact) mass is 267 g/mol. The maximum absolute atomic E-state index is 4.85. The molecule has 15 heavy (non-hydrogen) atoms. The van der Waals surface area contributed by atoms with Crippen molar-refractivity contribution >= 4 is 21.6 Å². The Morgan fingerprint density at radius 3 is 3.07 bits per heavy atom. The third-order valence-electron chi connectivity index (χ3n) is 2.09. The van der Waals surface area contributed by atoms with E-state index in [9.17, 15) is 0 Å². The summed E-state index contributed by atoms with van der Waals surface area (Å²) >= 11 is 3.42. The maximum Gasteiger partial charge on any atom is 0.129 e. The summed E-state index contributed by atoms with van der Waals surface area (Å²) < 4.78 is 5.79. The number of hydrogen-bond acceptors (Lipinski definition) is 4. The number of nitrogens with zero attached hydrogens (tertiary/aromatic N) is 2. The minimum atomic E-state index is 0.692. The van der Waals surface area contributed by atoms with Gasteiger partial charge in [-0.2, -0.15) is 0 Å². The molecule has 4 nitrogen and oxygen atoms in total. The van der Waals surface area contributed by atoms with Gasteiger partial charge in [-0.3, -0.25) is 4.98 Å². The number of hydrogen-bond donors (Lipinski definition) is 1. The first-order chi connectivity index (χ1) is 7.27. The van der Waals surface area contributed by atoms with Crippen LogP contribution in [0.4, 0.5) is 5.69 Å². The van der Waals surface area contributed by atoms with Crippen LogP contribution in [0.15, 0.2) is 33.7 Å². The van der Waals surface area contributed by atoms with Crippen molar-refractivity contribution in [3.8, 4) is 0 Å². The van der Waals surface area contributed by atoms with Crippen molar-refractivity contribution < 1.29 is 4.52 Å². The highest BCUT2D eigenvalue weighted by Gasteiger charge is 2.03. The van der Waals surface area contributed by atoms with E-state index < -0.39 is 0 Å². The smallest absolute Gasteiger partial charge is 0.129 e. The summed E-state index contributed by atoms with van der Waals surface area (Å²) in [7, 11) is 0. The summed E-state index contributed by atoms with van der Waals surface area (Å²) in [5.74, 6) is 0. The summed E-state index contributed by atoms with van der Waals surface area (Å²) in [6, 6.07) is 1.91. The Morgan fingerprint density at radius 1 is 1.53 bits per heavy atom. The molecule has 0 atom stereocenters. The van der Waals surface area contributed by atoms with Gasteiger partial charge in [0.2, 0.25) is 0 Å². The lowest BCUT2D eigenvalue weighted by atomic mass is 10.2. The van der Waals surface area contributed by atoms with Crippen LogP contribution in [-0.4, -0.2) is 10.1 Å². The molecule has 0 aliphatic carbocycles. The second-order valence-corrected chi connectivity index (χ2v) is 3.99. The van der Waals surface area contributed by atoms with Gasteiger partial charge in [-0.1, -0.05) is 5.16 Å². The second kappa shape index (κ2) is 4.44. The van der Waals surface area contributed by atoms with Crippen LogP contribution in [0.2, 0.25) is 0 Å². The highest BCUT2D eigenvalue weighted by molar-refractivity contribution is 9.10. The number of nitrogens with one attached hydrogen (secondary N) is 1. The zero-order valence-electron chi connectivity index (χ0n) is 8.20. The minimum Gasteiger partial charge on any atom is -0.380 e. The van der Waals surface area contributed by atoms with E-state index in [2.05, 4.69) is 31.4 Å². The van der Waals surface area contributed by atoms with Gasteiger partial charge in [-0.15, -0.1) is 0 Å². The molecule has 0 radical (unpaired) electrons. The van der Waals surface area contributed by atoms with Crippen molar-refractivity contribution in [1.82, 2.24) is 10.1 Å². The molecular formula is C10H10BrN3O. The van der Waals surface area contributed by atoms with Crippen LogP contribution < -0.4 is 5.32 Å². The van der Waals surface area contributed by atoms with E-state index >= 15 is 0 Å². The number of halogens is 1. The predicted octanol–water partition coefficient (Wildman–Crippen LogP) is 2.75. The lowest BCUT2D eigenvalue weighted by Gasteiger charge is -2.06. The quantitative estimate of drug-likeness (QED) is 0.929. The Bertz CT molecular complexity index is 455. The molecule has 78 valence electrons. The van der Waals surface area contributed by atoms with Crippen LogP contribution in [0.5, 0.6) is 0 Å². The molecule has 0 unspecified atom stereocenters. The Balaban J connectivity index is 2.06. The molecule has 0 saturated heterocycles. The van der Waals surface area contributed by atoms with Crippen molar-refractivity contribution in [3.63, 3.8) is 0 Å². The van der Waals surface area contributed by atoms with Crippen molar-refractivity contribution in [2.45, 2.75) is 13.5 Å². The lowest BCUT2D eigenvalue weighted by Crippen LogP contribution is -2.00. The van der Waals surface area contributed by atoms with E-state index in [1.807, 2.05) is 13.0 Å². The van der Waals surface area contributed by atoms with Crippen LogP contribution in [0, 0.1) is 6.92 Å². The van der Waals surface area contributed by atoms with E-state index in [0.717, 1.165) is 21.4 Å². The van der Waals surface area contributed by atoms with Gasteiger partial charge in [-0.25, -0.2) is 0 Å². The first-order valence-corrected chi connectivity index (χ1v) is 5.30. The molecule has 2 aromatic heterocycles. The van der Waals surface area contributed by atoms with Gasteiger partial charge in [0.25, 0.3) is 0 Å². The summed E-state index contributed by atoms with van der Waals surface area (Å²) in [5.41, 5.74) is 2.97. The van der Waals surface area contributed by atoms with E-state index in [-0.39, 0.29) is 0 Å². The molecule has 0 aliphatic heterocycles. The van der Waals surface area contributed by atoms with E-state index in [1.165, 1.54) is 0 Å². The average Bonchev–Trinajstić information content (AvgIpc) is 2.63. The number of pyridine rings is 1. The first kappa shape index (κ1) is 10.2. The normalized spacial score (nSPS) is 10.3. The number of aromatic nitrogens is 2. The van der Waals surface area contributed by atoms with Gasteiger partial charge in [0.15, 0.2) is 0 Å². The maximum atomic E-state index is 4.85. The van der Waals surface area contributed by atoms with Crippen molar-refractivity contribution in [1.29, 1.82) is 0 Å². The molecule has 0 bridgehead atoms. The Kier molecular flexibility index (Phi) is 3.01. The number of aryl methyl sites for hydroxylation is 1. The highest BCUT2D eigenvalue weighted by Crippen LogP contribution is 2.20. The molecule has 0 spiro atoms. The van der Waals surface area contributed by atoms with Crippen molar-refractivity contribution in [3.05, 3.63) is 40.5 Å². The fourth-order valence-electron chi connectivity index (χ4n) is 1.19. The topological polar surface area (TPSA) is 51.0 Å². The number of rotatable bonds is 3. The number of anilines is 1. The summed E-state index contributed by atoms with van der Waals surface area (Å²) in [6.07, 6.45) is 5.15. The second-order valence-electron chi connectivity index (χ2n) is 3.13. The largest absolute Gasteiger partial charge is 0.380 e. The van der Waals surface area contributed by atoms with E-state index in [1.54, 1.807) is 18.7 Å². The van der Waals surface area contributed by atoms with E-state index in [0.29, 0.717) is 6.54 Å². The third kappa shape index (κ3) is 2.36. The summed E-state index contributed by atoms with van der Waals surface area (Å²) in [6.45, 7) is 2.61. The zero-order valence-corrected chi connectivity index (χ0v) is 9.78. The fraction of sp³-hybridized carbons (Fsp3) is 0.200. The Morgan fingerprint density at radius 2 is 2.40 bits per heavy atom. The van der Waals surface area contributed by atoms with Crippen LogP contribution in [0.25, 0.3) is 0 Å². The fourth-order valence-corrected chi connectivity index (χ4v) is 1.58. The zero-order chi connectivity index (χ0) is 10.7. The molecule has 2 aromatic rings. The van der Waals surface area contributed by atoms with Gasteiger partial charge in [0.05, 0.1) is 15.9 Å².